The normalized spacial score (nSPS) is 11.8. The van der Waals surface area contributed by atoms with Gasteiger partial charge >= 0.3 is 0 Å². The number of sulfonamides is 1. The maximum Gasteiger partial charge on any atom is 0.212 e. The van der Waals surface area contributed by atoms with Gasteiger partial charge in [0.05, 0.1) is 5.75 Å². The third-order valence-corrected chi connectivity index (χ3v) is 3.20. The van der Waals surface area contributed by atoms with Crippen molar-refractivity contribution in [3.8, 4) is 0 Å². The Morgan fingerprint density at radius 1 is 1.50 bits per heavy atom. The molecule has 1 aromatic heterocycles. The Hall–Kier alpha value is -0.850. The number of nitrogens with one attached hydrogen (secondary N) is 3. The minimum atomic E-state index is -3.08. The molecule has 0 atom stereocenters. The summed E-state index contributed by atoms with van der Waals surface area (Å²) in [6, 6.07) is 3.85. The van der Waals surface area contributed by atoms with Crippen LogP contribution in [0.15, 0.2) is 18.3 Å². The summed E-state index contributed by atoms with van der Waals surface area (Å²) in [5.41, 5.74) is 1.05. The fourth-order valence-electron chi connectivity index (χ4n) is 1.01. The lowest BCUT2D eigenvalue weighted by Gasteiger charge is -2.03. The highest BCUT2D eigenvalue weighted by Crippen LogP contribution is 1.92. The van der Waals surface area contributed by atoms with Gasteiger partial charge in [0, 0.05) is 25.0 Å². The van der Waals surface area contributed by atoms with E-state index in [1.165, 1.54) is 7.05 Å². The van der Waals surface area contributed by atoms with E-state index in [0.29, 0.717) is 13.1 Å². The summed E-state index contributed by atoms with van der Waals surface area (Å²) >= 11 is 0. The van der Waals surface area contributed by atoms with E-state index in [-0.39, 0.29) is 5.75 Å². The smallest absolute Gasteiger partial charge is 0.212 e. The van der Waals surface area contributed by atoms with Crippen LogP contribution in [0.1, 0.15) is 5.69 Å². The van der Waals surface area contributed by atoms with Gasteiger partial charge in [-0.05, 0) is 19.2 Å². The summed E-state index contributed by atoms with van der Waals surface area (Å²) in [5, 5.41) is 3.03. The van der Waals surface area contributed by atoms with Gasteiger partial charge in [-0.1, -0.05) is 0 Å². The second-order valence-electron chi connectivity index (χ2n) is 2.90. The van der Waals surface area contributed by atoms with Crippen LogP contribution in [-0.2, 0) is 16.6 Å². The molecule has 0 spiro atoms. The first kappa shape index (κ1) is 11.2. The van der Waals surface area contributed by atoms with Crippen molar-refractivity contribution < 1.29 is 8.42 Å². The molecule has 0 radical (unpaired) electrons. The van der Waals surface area contributed by atoms with Gasteiger partial charge in [0.25, 0.3) is 0 Å². The van der Waals surface area contributed by atoms with Crippen LogP contribution in [0.3, 0.4) is 0 Å². The summed E-state index contributed by atoms with van der Waals surface area (Å²) in [5.74, 6) is 0.101. The minimum absolute atomic E-state index is 0.101. The van der Waals surface area contributed by atoms with Gasteiger partial charge in [-0.15, -0.1) is 0 Å². The minimum Gasteiger partial charge on any atom is -0.364 e. The number of hydrogen-bond acceptors (Lipinski definition) is 3. The zero-order chi connectivity index (χ0) is 10.4. The lowest BCUT2D eigenvalue weighted by atomic mass is 10.4. The molecule has 1 heterocycles. The molecule has 0 saturated heterocycles. The fraction of sp³-hybridized carbons (Fsp3) is 0.500. The molecule has 0 bridgehead atoms. The highest BCUT2D eigenvalue weighted by atomic mass is 32.2. The van der Waals surface area contributed by atoms with Crippen molar-refractivity contribution in [3.63, 3.8) is 0 Å². The molecule has 0 aromatic carbocycles. The molecule has 0 aliphatic heterocycles. The van der Waals surface area contributed by atoms with Gasteiger partial charge in [0.2, 0.25) is 10.0 Å². The fourth-order valence-corrected chi connectivity index (χ4v) is 1.63. The van der Waals surface area contributed by atoms with Crippen LogP contribution in [0.4, 0.5) is 0 Å². The molecule has 0 fully saturated rings. The lowest BCUT2D eigenvalue weighted by molar-refractivity contribution is 0.582. The van der Waals surface area contributed by atoms with Crippen molar-refractivity contribution >= 4 is 10.0 Å². The Morgan fingerprint density at radius 2 is 2.29 bits per heavy atom. The Kier molecular flexibility index (Phi) is 4.12. The predicted octanol–water partition coefficient (Wildman–Crippen LogP) is -0.346. The van der Waals surface area contributed by atoms with Crippen molar-refractivity contribution in [1.29, 1.82) is 0 Å². The Balaban J connectivity index is 2.17. The van der Waals surface area contributed by atoms with E-state index in [2.05, 4.69) is 15.0 Å². The summed E-state index contributed by atoms with van der Waals surface area (Å²) in [4.78, 5) is 3.02. The zero-order valence-corrected chi connectivity index (χ0v) is 8.89. The molecule has 0 aliphatic rings. The second kappa shape index (κ2) is 5.14. The Bertz CT molecular complexity index is 345. The Morgan fingerprint density at radius 3 is 2.86 bits per heavy atom. The number of aromatic nitrogens is 1. The average Bonchev–Trinajstić information content (AvgIpc) is 2.65. The van der Waals surface area contributed by atoms with Crippen molar-refractivity contribution in [1.82, 2.24) is 15.0 Å². The van der Waals surface area contributed by atoms with Gasteiger partial charge in [-0.2, -0.15) is 0 Å². The van der Waals surface area contributed by atoms with Crippen LogP contribution < -0.4 is 10.0 Å². The van der Waals surface area contributed by atoms with Crippen molar-refractivity contribution in [2.45, 2.75) is 6.54 Å². The van der Waals surface area contributed by atoms with Crippen molar-refractivity contribution in [2.75, 3.05) is 19.3 Å². The predicted molar refractivity (Wildman–Crippen MR) is 55.3 cm³/mol. The van der Waals surface area contributed by atoms with E-state index >= 15 is 0 Å². The lowest BCUT2D eigenvalue weighted by Crippen LogP contribution is -2.29. The topological polar surface area (TPSA) is 74.0 Å². The molecule has 5 nitrogen and oxygen atoms in total. The molecular formula is C8H15N3O2S. The van der Waals surface area contributed by atoms with Crippen LogP contribution in [0.25, 0.3) is 0 Å². The van der Waals surface area contributed by atoms with Crippen LogP contribution in [-0.4, -0.2) is 32.7 Å². The standard InChI is InChI=1S/C8H15N3O2S/c1-9-14(12,13)6-5-10-7-8-3-2-4-11-8/h2-4,9-11H,5-7H2,1H3. The van der Waals surface area contributed by atoms with Gasteiger partial charge < -0.3 is 10.3 Å². The largest absolute Gasteiger partial charge is 0.364 e. The molecule has 3 N–H and O–H groups in total. The Labute approximate surface area is 84.0 Å². The first-order chi connectivity index (χ1) is 6.64. The molecule has 14 heavy (non-hydrogen) atoms. The third-order valence-electron chi connectivity index (χ3n) is 1.84. The maximum atomic E-state index is 11.0. The quantitative estimate of drug-likeness (QED) is 0.570. The summed E-state index contributed by atoms with van der Waals surface area (Å²) in [6.07, 6.45) is 1.83. The van der Waals surface area contributed by atoms with Gasteiger partial charge in [-0.25, -0.2) is 13.1 Å². The van der Waals surface area contributed by atoms with Gasteiger partial charge in [0.1, 0.15) is 0 Å². The first-order valence-electron chi connectivity index (χ1n) is 4.38. The molecule has 80 valence electrons. The number of rotatable bonds is 6. The van der Waals surface area contributed by atoms with Crippen LogP contribution in [0.5, 0.6) is 0 Å². The van der Waals surface area contributed by atoms with E-state index in [1.807, 2.05) is 18.3 Å². The van der Waals surface area contributed by atoms with Crippen LogP contribution in [0, 0.1) is 0 Å². The van der Waals surface area contributed by atoms with E-state index in [9.17, 15) is 8.42 Å². The molecule has 1 aromatic rings. The summed E-state index contributed by atoms with van der Waals surface area (Å²) in [7, 11) is -1.67. The molecular weight excluding hydrogens is 202 g/mol. The van der Waals surface area contributed by atoms with Crippen LogP contribution in [0.2, 0.25) is 0 Å². The summed E-state index contributed by atoms with van der Waals surface area (Å²) in [6.45, 7) is 1.11. The third kappa shape index (κ3) is 3.91. The monoisotopic (exact) mass is 217 g/mol. The zero-order valence-electron chi connectivity index (χ0n) is 8.08. The van der Waals surface area contributed by atoms with E-state index in [1.54, 1.807) is 0 Å². The molecule has 0 unspecified atom stereocenters. The van der Waals surface area contributed by atoms with Crippen molar-refractivity contribution in [3.05, 3.63) is 24.0 Å². The van der Waals surface area contributed by atoms with Crippen LogP contribution >= 0.6 is 0 Å². The first-order valence-corrected chi connectivity index (χ1v) is 6.03. The van der Waals surface area contributed by atoms with E-state index in [0.717, 1.165) is 5.69 Å². The SMILES string of the molecule is CNS(=O)(=O)CCNCc1ccc[nH]1. The molecule has 0 aliphatic carbocycles. The van der Waals surface area contributed by atoms with Crippen molar-refractivity contribution in [2.24, 2.45) is 0 Å². The molecule has 1 rings (SSSR count). The number of hydrogen-bond donors (Lipinski definition) is 3. The van der Waals surface area contributed by atoms with Gasteiger partial charge in [0.15, 0.2) is 0 Å². The summed E-state index contributed by atoms with van der Waals surface area (Å²) < 4.78 is 24.3. The molecule has 6 heteroatoms. The number of aromatic amines is 1. The van der Waals surface area contributed by atoms with Gasteiger partial charge in [-0.3, -0.25) is 0 Å². The van der Waals surface area contributed by atoms with E-state index in [4.69, 9.17) is 0 Å². The highest BCUT2D eigenvalue weighted by molar-refractivity contribution is 7.89. The average molecular weight is 217 g/mol. The number of H-pyrrole nitrogens is 1. The molecule has 0 amide bonds. The molecule has 0 saturated carbocycles. The second-order valence-corrected chi connectivity index (χ2v) is 4.94. The highest BCUT2D eigenvalue weighted by Gasteiger charge is 2.04. The van der Waals surface area contributed by atoms with E-state index < -0.39 is 10.0 Å². The maximum absolute atomic E-state index is 11.0.